The van der Waals surface area contributed by atoms with Crippen LogP contribution < -0.4 is 15.8 Å². The zero-order chi connectivity index (χ0) is 16.8. The number of aryl methyl sites for hydroxylation is 1. The maximum Gasteiger partial charge on any atom is 0.119 e. The summed E-state index contributed by atoms with van der Waals surface area (Å²) in [6.45, 7) is 0.836. The number of ether oxygens (including phenoxy) is 1. The second-order valence-electron chi connectivity index (χ2n) is 6.51. The van der Waals surface area contributed by atoms with Gasteiger partial charge in [-0.25, -0.2) is 0 Å². The van der Waals surface area contributed by atoms with Crippen molar-refractivity contribution in [1.29, 1.82) is 0 Å². The van der Waals surface area contributed by atoms with E-state index in [4.69, 9.17) is 10.5 Å². The number of nitrogens with one attached hydrogen (secondary N) is 1. The molecule has 2 aromatic rings. The minimum absolute atomic E-state index is 0. The van der Waals surface area contributed by atoms with Crippen molar-refractivity contribution in [3.8, 4) is 5.75 Å². The number of halogens is 2. The Bertz CT molecular complexity index is 656. The van der Waals surface area contributed by atoms with Gasteiger partial charge in [0.2, 0.25) is 0 Å². The highest BCUT2D eigenvalue weighted by Gasteiger charge is 2.17. The first-order valence-corrected chi connectivity index (χ1v) is 8.67. The molecule has 0 bridgehead atoms. The number of hydrogen-bond donors (Lipinski definition) is 3. The van der Waals surface area contributed by atoms with Gasteiger partial charge in [-0.2, -0.15) is 0 Å². The predicted molar refractivity (Wildman–Crippen MR) is 112 cm³/mol. The Balaban J connectivity index is 0.00000169. The Labute approximate surface area is 168 Å². The number of aliphatic hydroxyl groups is 1. The topological polar surface area (TPSA) is 67.5 Å². The number of nitrogen functional groups attached to an aromatic ring is 1. The fourth-order valence-electron chi connectivity index (χ4n) is 3.23. The summed E-state index contributed by atoms with van der Waals surface area (Å²) >= 11 is 0. The molecule has 2 aromatic carbocycles. The molecule has 1 unspecified atom stereocenters. The fraction of sp³-hybridized carbons (Fsp3) is 0.400. The van der Waals surface area contributed by atoms with Crippen molar-refractivity contribution >= 4 is 30.5 Å². The third-order valence-corrected chi connectivity index (χ3v) is 4.52. The number of hydrogen-bond acceptors (Lipinski definition) is 4. The lowest BCUT2D eigenvalue weighted by Gasteiger charge is -2.20. The normalized spacial score (nSPS) is 17.0. The van der Waals surface area contributed by atoms with Gasteiger partial charge in [-0.3, -0.25) is 0 Å². The second kappa shape index (κ2) is 11.3. The molecule has 4 nitrogen and oxygen atoms in total. The van der Waals surface area contributed by atoms with Crippen LogP contribution in [0.5, 0.6) is 5.75 Å². The Morgan fingerprint density at radius 3 is 2.65 bits per heavy atom. The fourth-order valence-corrected chi connectivity index (χ4v) is 3.23. The molecule has 3 rings (SSSR count). The van der Waals surface area contributed by atoms with Crippen LogP contribution in [-0.4, -0.2) is 30.4 Å². The SMILES string of the molecule is Cl.Cl.Nc1ccc2c(c1)CC(NC[C@H](O)COc1ccccc1)CCC2. The zero-order valence-electron chi connectivity index (χ0n) is 14.8. The van der Waals surface area contributed by atoms with E-state index in [0.717, 1.165) is 37.1 Å². The summed E-state index contributed by atoms with van der Waals surface area (Å²) in [4.78, 5) is 0. The lowest BCUT2D eigenvalue weighted by atomic mass is 10.0. The molecule has 0 saturated heterocycles. The minimum atomic E-state index is -0.520. The van der Waals surface area contributed by atoms with Gasteiger partial charge in [-0.15, -0.1) is 24.8 Å². The van der Waals surface area contributed by atoms with Crippen LogP contribution in [0.25, 0.3) is 0 Å². The zero-order valence-corrected chi connectivity index (χ0v) is 16.4. The molecule has 0 spiro atoms. The number of anilines is 1. The molecule has 0 amide bonds. The molecule has 0 aromatic heterocycles. The number of rotatable bonds is 6. The molecule has 2 atom stereocenters. The maximum atomic E-state index is 10.1. The highest BCUT2D eigenvalue weighted by molar-refractivity contribution is 5.85. The molecule has 144 valence electrons. The number of nitrogens with two attached hydrogens (primary N) is 1. The standard InChI is InChI=1S/C20H26N2O2.2ClH/c21-17-10-9-15-5-4-6-18(12-16(15)11-17)22-13-19(23)14-24-20-7-2-1-3-8-20;;/h1-3,7-11,18-19,22-23H,4-6,12-14,21H2;2*1H/t18?,19-;;/m0../s1. The van der Waals surface area contributed by atoms with Crippen LogP contribution in [0.1, 0.15) is 24.0 Å². The quantitative estimate of drug-likeness (QED) is 0.515. The molecular weight excluding hydrogens is 371 g/mol. The first-order valence-electron chi connectivity index (χ1n) is 8.67. The van der Waals surface area contributed by atoms with E-state index in [1.165, 1.54) is 11.1 Å². The molecule has 1 aliphatic carbocycles. The van der Waals surface area contributed by atoms with Crippen molar-refractivity contribution in [2.24, 2.45) is 0 Å². The van der Waals surface area contributed by atoms with Gasteiger partial charge in [0.25, 0.3) is 0 Å². The van der Waals surface area contributed by atoms with Crippen molar-refractivity contribution in [2.75, 3.05) is 18.9 Å². The van der Waals surface area contributed by atoms with Crippen molar-refractivity contribution in [2.45, 2.75) is 37.8 Å². The van der Waals surface area contributed by atoms with Gasteiger partial charge in [0.1, 0.15) is 18.5 Å². The Morgan fingerprint density at radius 2 is 1.88 bits per heavy atom. The van der Waals surface area contributed by atoms with E-state index in [-0.39, 0.29) is 24.8 Å². The maximum absolute atomic E-state index is 10.1. The Morgan fingerprint density at radius 1 is 1.12 bits per heavy atom. The minimum Gasteiger partial charge on any atom is -0.491 e. The highest BCUT2D eigenvalue weighted by Crippen LogP contribution is 2.23. The van der Waals surface area contributed by atoms with Crippen molar-refractivity contribution in [3.63, 3.8) is 0 Å². The predicted octanol–water partition coefficient (Wildman–Crippen LogP) is 3.39. The molecule has 6 heteroatoms. The summed E-state index contributed by atoms with van der Waals surface area (Å²) < 4.78 is 5.60. The first kappa shape index (κ1) is 22.6. The van der Waals surface area contributed by atoms with Crippen LogP contribution in [0.2, 0.25) is 0 Å². The van der Waals surface area contributed by atoms with E-state index >= 15 is 0 Å². The monoisotopic (exact) mass is 398 g/mol. The Hall–Kier alpha value is -1.46. The van der Waals surface area contributed by atoms with Crippen LogP contribution >= 0.6 is 24.8 Å². The highest BCUT2D eigenvalue weighted by atomic mass is 35.5. The van der Waals surface area contributed by atoms with Gasteiger partial charge >= 0.3 is 0 Å². The van der Waals surface area contributed by atoms with Crippen LogP contribution in [0.3, 0.4) is 0 Å². The van der Waals surface area contributed by atoms with Gasteiger partial charge in [0, 0.05) is 18.3 Å². The van der Waals surface area contributed by atoms with Crippen LogP contribution in [0, 0.1) is 0 Å². The first-order chi connectivity index (χ1) is 11.7. The van der Waals surface area contributed by atoms with Gasteiger partial charge < -0.3 is 20.9 Å². The van der Waals surface area contributed by atoms with Gasteiger partial charge in [-0.1, -0.05) is 24.3 Å². The number of benzene rings is 2. The number of aliphatic hydroxyl groups excluding tert-OH is 1. The average Bonchev–Trinajstić information content (AvgIpc) is 2.80. The lowest BCUT2D eigenvalue weighted by molar-refractivity contribution is 0.103. The molecule has 0 heterocycles. The summed E-state index contributed by atoms with van der Waals surface area (Å²) in [5.74, 6) is 0.787. The summed E-state index contributed by atoms with van der Waals surface area (Å²) in [7, 11) is 0. The van der Waals surface area contributed by atoms with E-state index in [0.29, 0.717) is 19.2 Å². The molecule has 4 N–H and O–H groups in total. The summed E-state index contributed by atoms with van der Waals surface area (Å²) in [6, 6.07) is 16.2. The van der Waals surface area contributed by atoms with E-state index in [2.05, 4.69) is 17.4 Å². The van der Waals surface area contributed by atoms with E-state index < -0.39 is 6.10 Å². The van der Waals surface area contributed by atoms with E-state index in [9.17, 15) is 5.11 Å². The molecule has 26 heavy (non-hydrogen) atoms. The van der Waals surface area contributed by atoms with Crippen molar-refractivity contribution < 1.29 is 9.84 Å². The molecule has 0 fully saturated rings. The Kier molecular flexibility index (Phi) is 9.81. The van der Waals surface area contributed by atoms with Gasteiger partial charge in [-0.05, 0) is 61.1 Å². The van der Waals surface area contributed by atoms with E-state index in [1.54, 1.807) is 0 Å². The molecule has 0 radical (unpaired) electrons. The second-order valence-corrected chi connectivity index (χ2v) is 6.51. The third-order valence-electron chi connectivity index (χ3n) is 4.52. The molecule has 0 saturated carbocycles. The molecular formula is C20H28Cl2N2O2. The number of para-hydroxylation sites is 1. The van der Waals surface area contributed by atoms with Crippen LogP contribution in [-0.2, 0) is 12.8 Å². The van der Waals surface area contributed by atoms with Crippen molar-refractivity contribution in [3.05, 3.63) is 59.7 Å². The average molecular weight is 399 g/mol. The summed E-state index contributed by atoms with van der Waals surface area (Å²) in [6.07, 6.45) is 3.82. The third kappa shape index (κ3) is 6.69. The summed E-state index contributed by atoms with van der Waals surface area (Å²) in [5.41, 5.74) is 9.48. The summed E-state index contributed by atoms with van der Waals surface area (Å²) in [5, 5.41) is 13.6. The van der Waals surface area contributed by atoms with Gasteiger partial charge in [0.15, 0.2) is 0 Å². The largest absolute Gasteiger partial charge is 0.491 e. The van der Waals surface area contributed by atoms with Crippen LogP contribution in [0.15, 0.2) is 48.5 Å². The number of fused-ring (bicyclic) bond motifs is 1. The smallest absolute Gasteiger partial charge is 0.119 e. The van der Waals surface area contributed by atoms with Crippen molar-refractivity contribution in [1.82, 2.24) is 5.32 Å². The van der Waals surface area contributed by atoms with Crippen LogP contribution in [0.4, 0.5) is 5.69 Å². The molecule has 0 aliphatic heterocycles. The van der Waals surface area contributed by atoms with Gasteiger partial charge in [0.05, 0.1) is 0 Å². The van der Waals surface area contributed by atoms with E-state index in [1.807, 2.05) is 36.4 Å². The lowest BCUT2D eigenvalue weighted by Crippen LogP contribution is -2.39. The molecule has 1 aliphatic rings.